The fourth-order valence-electron chi connectivity index (χ4n) is 3.22. The number of aryl methyl sites for hydroxylation is 1. The second-order valence-electron chi connectivity index (χ2n) is 5.56. The van der Waals surface area contributed by atoms with Crippen LogP contribution in [0.2, 0.25) is 0 Å². The van der Waals surface area contributed by atoms with Gasteiger partial charge in [0.05, 0.1) is 0 Å². The highest BCUT2D eigenvalue weighted by Gasteiger charge is 2.35. The highest BCUT2D eigenvalue weighted by molar-refractivity contribution is 5.54. The lowest BCUT2D eigenvalue weighted by atomic mass is 9.99. The molecule has 3 rings (SSSR count). The predicted molar refractivity (Wildman–Crippen MR) is 74.6 cm³/mol. The van der Waals surface area contributed by atoms with Crippen molar-refractivity contribution in [2.24, 2.45) is 0 Å². The molecule has 0 saturated carbocycles. The summed E-state index contributed by atoms with van der Waals surface area (Å²) in [5.41, 5.74) is 7.81. The molecule has 4 heteroatoms. The van der Waals surface area contributed by atoms with Gasteiger partial charge in [-0.1, -0.05) is 6.42 Å². The molecule has 18 heavy (non-hydrogen) atoms. The minimum absolute atomic E-state index is 0.542. The van der Waals surface area contributed by atoms with Crippen molar-refractivity contribution in [2.45, 2.75) is 44.7 Å². The SMILES string of the molecule is Cc1cnc(NC2CCN3CCCCC23)cc1N. The Hall–Kier alpha value is -1.29. The van der Waals surface area contributed by atoms with Gasteiger partial charge in [0, 0.05) is 36.6 Å². The van der Waals surface area contributed by atoms with Crippen LogP contribution in [0.3, 0.4) is 0 Å². The van der Waals surface area contributed by atoms with Crippen LogP contribution in [0.1, 0.15) is 31.2 Å². The number of rotatable bonds is 2. The second kappa shape index (κ2) is 4.76. The van der Waals surface area contributed by atoms with Gasteiger partial charge in [0.15, 0.2) is 0 Å². The molecule has 0 radical (unpaired) electrons. The Balaban J connectivity index is 1.70. The number of pyridine rings is 1. The highest BCUT2D eigenvalue weighted by Crippen LogP contribution is 2.29. The summed E-state index contributed by atoms with van der Waals surface area (Å²) in [4.78, 5) is 7.05. The van der Waals surface area contributed by atoms with Gasteiger partial charge in [-0.3, -0.25) is 4.90 Å². The number of piperidine rings is 1. The van der Waals surface area contributed by atoms with E-state index in [4.69, 9.17) is 5.73 Å². The minimum Gasteiger partial charge on any atom is -0.398 e. The summed E-state index contributed by atoms with van der Waals surface area (Å²) >= 11 is 0. The van der Waals surface area contributed by atoms with E-state index >= 15 is 0 Å². The summed E-state index contributed by atoms with van der Waals surface area (Å²) in [7, 11) is 0. The molecule has 0 aromatic carbocycles. The van der Waals surface area contributed by atoms with Crippen molar-refractivity contribution >= 4 is 11.5 Å². The van der Waals surface area contributed by atoms with Gasteiger partial charge < -0.3 is 11.1 Å². The van der Waals surface area contributed by atoms with Gasteiger partial charge in [0.25, 0.3) is 0 Å². The molecule has 0 spiro atoms. The molecule has 3 N–H and O–H groups in total. The Labute approximate surface area is 109 Å². The zero-order valence-electron chi connectivity index (χ0n) is 11.0. The van der Waals surface area contributed by atoms with E-state index in [1.807, 2.05) is 19.2 Å². The van der Waals surface area contributed by atoms with E-state index in [2.05, 4.69) is 15.2 Å². The normalized spacial score (nSPS) is 28.1. The zero-order valence-corrected chi connectivity index (χ0v) is 11.0. The molecule has 2 aliphatic heterocycles. The lowest BCUT2D eigenvalue weighted by molar-refractivity contribution is 0.192. The van der Waals surface area contributed by atoms with E-state index in [1.165, 1.54) is 38.8 Å². The maximum Gasteiger partial charge on any atom is 0.128 e. The van der Waals surface area contributed by atoms with E-state index in [0.717, 1.165) is 17.1 Å². The van der Waals surface area contributed by atoms with Crippen molar-refractivity contribution in [3.63, 3.8) is 0 Å². The van der Waals surface area contributed by atoms with Crippen LogP contribution in [0, 0.1) is 6.92 Å². The average Bonchev–Trinajstić information content (AvgIpc) is 2.78. The van der Waals surface area contributed by atoms with Crippen LogP contribution in [0.15, 0.2) is 12.3 Å². The summed E-state index contributed by atoms with van der Waals surface area (Å²) in [6.07, 6.45) is 7.12. The van der Waals surface area contributed by atoms with Gasteiger partial charge in [-0.05, 0) is 38.3 Å². The van der Waals surface area contributed by atoms with E-state index in [0.29, 0.717) is 12.1 Å². The van der Waals surface area contributed by atoms with Crippen LogP contribution in [0.25, 0.3) is 0 Å². The number of hydrogen-bond acceptors (Lipinski definition) is 4. The van der Waals surface area contributed by atoms with Crippen molar-refractivity contribution in [1.82, 2.24) is 9.88 Å². The molecular weight excluding hydrogens is 224 g/mol. The Bertz CT molecular complexity index is 432. The van der Waals surface area contributed by atoms with Crippen molar-refractivity contribution in [1.29, 1.82) is 0 Å². The number of aromatic nitrogens is 1. The lowest BCUT2D eigenvalue weighted by Gasteiger charge is -2.32. The predicted octanol–water partition coefficient (Wildman–Crippen LogP) is 2.01. The van der Waals surface area contributed by atoms with Crippen LogP contribution >= 0.6 is 0 Å². The van der Waals surface area contributed by atoms with Crippen molar-refractivity contribution in [2.75, 3.05) is 24.1 Å². The average molecular weight is 246 g/mol. The summed E-state index contributed by atoms with van der Waals surface area (Å²) in [6, 6.07) is 3.20. The van der Waals surface area contributed by atoms with Gasteiger partial charge in [-0.2, -0.15) is 0 Å². The van der Waals surface area contributed by atoms with Gasteiger partial charge in [-0.25, -0.2) is 4.98 Å². The van der Waals surface area contributed by atoms with Crippen LogP contribution in [0.5, 0.6) is 0 Å². The Morgan fingerprint density at radius 1 is 1.33 bits per heavy atom. The highest BCUT2D eigenvalue weighted by atomic mass is 15.2. The fraction of sp³-hybridized carbons (Fsp3) is 0.643. The number of nitrogen functional groups attached to an aromatic ring is 1. The fourth-order valence-corrected chi connectivity index (χ4v) is 3.22. The maximum atomic E-state index is 5.94. The van der Waals surface area contributed by atoms with Crippen molar-refractivity contribution in [3.8, 4) is 0 Å². The van der Waals surface area contributed by atoms with Crippen LogP contribution in [-0.2, 0) is 0 Å². The van der Waals surface area contributed by atoms with Gasteiger partial charge >= 0.3 is 0 Å². The van der Waals surface area contributed by atoms with Gasteiger partial charge in [0.1, 0.15) is 5.82 Å². The van der Waals surface area contributed by atoms with Crippen LogP contribution < -0.4 is 11.1 Å². The molecule has 2 saturated heterocycles. The van der Waals surface area contributed by atoms with Gasteiger partial charge in [0.2, 0.25) is 0 Å². The number of nitrogens with two attached hydrogens (primary N) is 1. The Kier molecular flexibility index (Phi) is 3.12. The number of fused-ring (bicyclic) bond motifs is 1. The van der Waals surface area contributed by atoms with Crippen LogP contribution in [0.4, 0.5) is 11.5 Å². The molecule has 2 aliphatic rings. The van der Waals surface area contributed by atoms with E-state index in [1.54, 1.807) is 0 Å². The zero-order chi connectivity index (χ0) is 12.5. The number of nitrogens with zero attached hydrogens (tertiary/aromatic N) is 2. The van der Waals surface area contributed by atoms with E-state index in [9.17, 15) is 0 Å². The third kappa shape index (κ3) is 2.17. The summed E-state index contributed by atoms with van der Waals surface area (Å²) in [6.45, 7) is 4.49. The number of nitrogens with one attached hydrogen (secondary N) is 1. The monoisotopic (exact) mass is 246 g/mol. The Morgan fingerprint density at radius 3 is 3.06 bits per heavy atom. The molecule has 0 bridgehead atoms. The molecule has 4 nitrogen and oxygen atoms in total. The first-order valence-corrected chi connectivity index (χ1v) is 6.97. The molecule has 98 valence electrons. The van der Waals surface area contributed by atoms with E-state index < -0.39 is 0 Å². The minimum atomic E-state index is 0.542. The smallest absolute Gasteiger partial charge is 0.128 e. The van der Waals surface area contributed by atoms with E-state index in [-0.39, 0.29) is 0 Å². The molecule has 1 aromatic heterocycles. The molecular formula is C14H22N4. The number of anilines is 2. The molecule has 2 unspecified atom stereocenters. The first kappa shape index (κ1) is 11.8. The molecule has 2 atom stereocenters. The maximum absolute atomic E-state index is 5.94. The molecule has 1 aromatic rings. The van der Waals surface area contributed by atoms with Crippen molar-refractivity contribution < 1.29 is 0 Å². The van der Waals surface area contributed by atoms with Crippen molar-refractivity contribution in [3.05, 3.63) is 17.8 Å². The first-order chi connectivity index (χ1) is 8.74. The first-order valence-electron chi connectivity index (χ1n) is 6.97. The van der Waals surface area contributed by atoms with Gasteiger partial charge in [-0.15, -0.1) is 0 Å². The lowest BCUT2D eigenvalue weighted by Crippen LogP contribution is -2.41. The van der Waals surface area contributed by atoms with Crippen LogP contribution in [-0.4, -0.2) is 35.1 Å². The molecule has 0 aliphatic carbocycles. The quantitative estimate of drug-likeness (QED) is 0.838. The number of hydrogen-bond donors (Lipinski definition) is 2. The topological polar surface area (TPSA) is 54.2 Å². The summed E-state index contributed by atoms with van der Waals surface area (Å²) in [5, 5.41) is 3.58. The third-order valence-electron chi connectivity index (χ3n) is 4.33. The molecule has 0 amide bonds. The summed E-state index contributed by atoms with van der Waals surface area (Å²) in [5.74, 6) is 0.926. The molecule has 2 fully saturated rings. The summed E-state index contributed by atoms with van der Waals surface area (Å²) < 4.78 is 0. The molecule has 3 heterocycles. The third-order valence-corrected chi connectivity index (χ3v) is 4.33. The standard InChI is InChI=1S/C14H22N4/c1-10-9-16-14(8-11(10)15)17-12-5-7-18-6-3-2-4-13(12)18/h8-9,12-13H,2-7H2,1H3,(H3,15,16,17). The largest absolute Gasteiger partial charge is 0.398 e. The second-order valence-corrected chi connectivity index (χ2v) is 5.56. The Morgan fingerprint density at radius 2 is 2.22 bits per heavy atom.